The van der Waals surface area contributed by atoms with E-state index in [4.69, 9.17) is 5.11 Å². The van der Waals surface area contributed by atoms with Gasteiger partial charge in [-0.05, 0) is 24.3 Å². The maximum atomic E-state index is 12.2. The number of aliphatic hydroxyl groups excluding tert-OH is 1. The normalized spacial score (nSPS) is 10.2. The highest BCUT2D eigenvalue weighted by atomic mass is 32.1. The fourth-order valence-electron chi connectivity index (χ4n) is 2.14. The molecule has 0 saturated carbocycles. The van der Waals surface area contributed by atoms with Crippen LogP contribution >= 0.6 is 11.3 Å². The number of rotatable bonds is 7. The molecule has 0 radical (unpaired) electrons. The third-order valence-electron chi connectivity index (χ3n) is 3.12. The SMILES string of the molecule is CCCC(CCC)C(=O)NCc1sccc1C#CCO. The Bertz CT molecular complexity index is 464. The molecule has 0 bridgehead atoms. The first-order valence-electron chi connectivity index (χ1n) is 7.16. The number of nitrogens with one attached hydrogen (secondary N) is 1. The second-order valence-corrected chi connectivity index (χ2v) is 5.71. The van der Waals surface area contributed by atoms with Gasteiger partial charge in [0.2, 0.25) is 5.91 Å². The van der Waals surface area contributed by atoms with E-state index in [1.807, 2.05) is 11.4 Å². The number of thiophene rings is 1. The van der Waals surface area contributed by atoms with Crippen LogP contribution in [0, 0.1) is 17.8 Å². The van der Waals surface area contributed by atoms with Gasteiger partial charge in [0.15, 0.2) is 0 Å². The third-order valence-corrected chi connectivity index (χ3v) is 4.04. The minimum atomic E-state index is -0.142. The second-order valence-electron chi connectivity index (χ2n) is 4.71. The van der Waals surface area contributed by atoms with Crippen LogP contribution in [0.2, 0.25) is 0 Å². The van der Waals surface area contributed by atoms with Crippen LogP contribution in [0.3, 0.4) is 0 Å². The zero-order valence-corrected chi connectivity index (χ0v) is 13.1. The van der Waals surface area contributed by atoms with Crippen molar-refractivity contribution in [1.29, 1.82) is 0 Å². The van der Waals surface area contributed by atoms with E-state index in [2.05, 4.69) is 31.0 Å². The highest BCUT2D eigenvalue weighted by Gasteiger charge is 2.16. The second kappa shape index (κ2) is 9.57. The molecule has 0 aromatic carbocycles. The molecule has 1 aromatic rings. The summed E-state index contributed by atoms with van der Waals surface area (Å²) in [4.78, 5) is 13.2. The van der Waals surface area contributed by atoms with Gasteiger partial charge in [0.1, 0.15) is 6.61 Å². The average Bonchev–Trinajstić information content (AvgIpc) is 2.89. The molecule has 4 heteroatoms. The molecule has 0 saturated heterocycles. The number of aliphatic hydroxyl groups is 1. The summed E-state index contributed by atoms with van der Waals surface area (Å²) in [7, 11) is 0. The average molecular weight is 293 g/mol. The molecule has 0 spiro atoms. The summed E-state index contributed by atoms with van der Waals surface area (Å²) in [5.41, 5.74) is 0.895. The van der Waals surface area contributed by atoms with Crippen LogP contribution < -0.4 is 5.32 Å². The molecule has 0 aliphatic heterocycles. The molecule has 0 aliphatic rings. The Hall–Kier alpha value is -1.31. The van der Waals surface area contributed by atoms with E-state index in [9.17, 15) is 4.79 Å². The van der Waals surface area contributed by atoms with Gasteiger partial charge in [-0.25, -0.2) is 0 Å². The highest BCUT2D eigenvalue weighted by molar-refractivity contribution is 7.10. The van der Waals surface area contributed by atoms with Crippen molar-refractivity contribution in [3.63, 3.8) is 0 Å². The van der Waals surface area contributed by atoms with E-state index in [1.165, 1.54) is 0 Å². The van der Waals surface area contributed by atoms with Crippen molar-refractivity contribution in [2.45, 2.75) is 46.1 Å². The Morgan fingerprint density at radius 2 is 2.10 bits per heavy atom. The van der Waals surface area contributed by atoms with Gasteiger partial charge in [0.05, 0.1) is 6.54 Å². The number of carbonyl (C=O) groups excluding carboxylic acids is 1. The Balaban J connectivity index is 2.57. The minimum absolute atomic E-state index is 0.122. The molecule has 110 valence electrons. The third kappa shape index (κ3) is 5.36. The molecule has 1 heterocycles. The lowest BCUT2D eigenvalue weighted by Gasteiger charge is -2.14. The van der Waals surface area contributed by atoms with E-state index in [0.29, 0.717) is 6.54 Å². The van der Waals surface area contributed by atoms with Crippen molar-refractivity contribution >= 4 is 17.2 Å². The monoisotopic (exact) mass is 293 g/mol. The maximum Gasteiger partial charge on any atom is 0.223 e. The van der Waals surface area contributed by atoms with Crippen molar-refractivity contribution in [1.82, 2.24) is 5.32 Å². The lowest BCUT2D eigenvalue weighted by molar-refractivity contribution is -0.125. The predicted molar refractivity (Wildman–Crippen MR) is 83.4 cm³/mol. The van der Waals surface area contributed by atoms with E-state index in [1.54, 1.807) is 11.3 Å². The first-order valence-corrected chi connectivity index (χ1v) is 8.04. The van der Waals surface area contributed by atoms with Crippen LogP contribution in [0.4, 0.5) is 0 Å². The number of hydrogen-bond acceptors (Lipinski definition) is 3. The Morgan fingerprint density at radius 1 is 1.40 bits per heavy atom. The quantitative estimate of drug-likeness (QED) is 0.759. The van der Waals surface area contributed by atoms with Gasteiger partial charge < -0.3 is 10.4 Å². The van der Waals surface area contributed by atoms with E-state index in [-0.39, 0.29) is 18.4 Å². The summed E-state index contributed by atoms with van der Waals surface area (Å²) < 4.78 is 0. The van der Waals surface area contributed by atoms with Crippen LogP contribution in [-0.4, -0.2) is 17.6 Å². The number of carbonyl (C=O) groups is 1. The summed E-state index contributed by atoms with van der Waals surface area (Å²) in [6.45, 7) is 4.60. The van der Waals surface area contributed by atoms with Crippen LogP contribution in [0.15, 0.2) is 11.4 Å². The van der Waals surface area contributed by atoms with Gasteiger partial charge in [-0.2, -0.15) is 0 Å². The van der Waals surface area contributed by atoms with Gasteiger partial charge in [0.25, 0.3) is 0 Å². The van der Waals surface area contributed by atoms with E-state index >= 15 is 0 Å². The molecule has 1 rings (SSSR count). The van der Waals surface area contributed by atoms with Gasteiger partial charge >= 0.3 is 0 Å². The molecule has 2 N–H and O–H groups in total. The Labute approximate surface area is 125 Å². The lowest BCUT2D eigenvalue weighted by Crippen LogP contribution is -2.30. The Kier molecular flexibility index (Phi) is 8.01. The fourth-order valence-corrected chi connectivity index (χ4v) is 2.91. The predicted octanol–water partition coefficient (Wildman–Crippen LogP) is 2.92. The molecular formula is C16H23NO2S. The van der Waals surface area contributed by atoms with Crippen LogP contribution in [0.5, 0.6) is 0 Å². The topological polar surface area (TPSA) is 49.3 Å². The highest BCUT2D eigenvalue weighted by Crippen LogP contribution is 2.17. The van der Waals surface area contributed by atoms with Crippen molar-refractivity contribution in [2.24, 2.45) is 5.92 Å². The molecule has 0 aliphatic carbocycles. The van der Waals surface area contributed by atoms with Crippen LogP contribution in [0.1, 0.15) is 50.0 Å². The summed E-state index contributed by atoms with van der Waals surface area (Å²) in [6, 6.07) is 1.92. The van der Waals surface area contributed by atoms with Crippen molar-refractivity contribution < 1.29 is 9.90 Å². The molecule has 0 unspecified atom stereocenters. The maximum absolute atomic E-state index is 12.2. The van der Waals surface area contributed by atoms with Crippen molar-refractivity contribution in [3.8, 4) is 11.8 Å². The largest absolute Gasteiger partial charge is 0.384 e. The van der Waals surface area contributed by atoms with Gasteiger partial charge in [0, 0.05) is 16.4 Å². The fraction of sp³-hybridized carbons (Fsp3) is 0.562. The first kappa shape index (κ1) is 16.7. The first-order chi connectivity index (χ1) is 9.72. The van der Waals surface area contributed by atoms with E-state index in [0.717, 1.165) is 36.1 Å². The molecule has 1 aromatic heterocycles. The number of amides is 1. The minimum Gasteiger partial charge on any atom is -0.384 e. The molecule has 0 fully saturated rings. The van der Waals surface area contributed by atoms with E-state index < -0.39 is 0 Å². The number of hydrogen-bond donors (Lipinski definition) is 2. The lowest BCUT2D eigenvalue weighted by atomic mass is 9.97. The van der Waals surface area contributed by atoms with Gasteiger partial charge in [-0.1, -0.05) is 38.5 Å². The molecule has 20 heavy (non-hydrogen) atoms. The summed E-state index contributed by atoms with van der Waals surface area (Å²) in [5.74, 6) is 5.81. The van der Waals surface area contributed by atoms with Crippen LogP contribution in [-0.2, 0) is 11.3 Å². The molecule has 3 nitrogen and oxygen atoms in total. The van der Waals surface area contributed by atoms with Gasteiger partial charge in [-0.3, -0.25) is 4.79 Å². The van der Waals surface area contributed by atoms with Crippen molar-refractivity contribution in [3.05, 3.63) is 21.9 Å². The summed E-state index contributed by atoms with van der Waals surface area (Å²) in [6.07, 6.45) is 3.96. The zero-order valence-electron chi connectivity index (χ0n) is 12.2. The summed E-state index contributed by atoms with van der Waals surface area (Å²) >= 11 is 1.58. The summed E-state index contributed by atoms with van der Waals surface area (Å²) in [5, 5.41) is 13.7. The molecular weight excluding hydrogens is 270 g/mol. The zero-order chi connectivity index (χ0) is 14.8. The molecule has 1 amide bonds. The van der Waals surface area contributed by atoms with Crippen molar-refractivity contribution in [2.75, 3.05) is 6.61 Å². The smallest absolute Gasteiger partial charge is 0.223 e. The van der Waals surface area contributed by atoms with Crippen LogP contribution in [0.25, 0.3) is 0 Å². The Morgan fingerprint density at radius 3 is 2.70 bits per heavy atom. The van der Waals surface area contributed by atoms with Gasteiger partial charge in [-0.15, -0.1) is 11.3 Å². The standard InChI is InChI=1S/C16H23NO2S/c1-3-6-14(7-4-2)16(19)17-12-15-13(8-5-10-18)9-11-20-15/h9,11,14,18H,3-4,6-7,10,12H2,1-2H3,(H,17,19). The molecule has 0 atom stereocenters.